The van der Waals surface area contributed by atoms with Crippen molar-refractivity contribution in [1.82, 2.24) is 0 Å². The molecule has 0 aromatic heterocycles. The van der Waals surface area contributed by atoms with Crippen LogP contribution in [0.15, 0.2) is 0 Å². The summed E-state index contributed by atoms with van der Waals surface area (Å²) in [6.07, 6.45) is 22.3. The first-order valence-electron chi connectivity index (χ1n) is 11.4. The zero-order valence-corrected chi connectivity index (χ0v) is 17.9. The van der Waals surface area contributed by atoms with E-state index in [9.17, 15) is 0 Å². The second kappa shape index (κ2) is 26.2. The monoisotopic (exact) mass is 358 g/mol. The van der Waals surface area contributed by atoms with Gasteiger partial charge in [0.05, 0.1) is 0 Å². The molecule has 0 saturated heterocycles. The normalized spacial score (nSPS) is 10.8. The predicted molar refractivity (Wildman–Crippen MR) is 113 cm³/mol. The van der Waals surface area contributed by atoms with E-state index in [4.69, 9.17) is 10.2 Å². The van der Waals surface area contributed by atoms with Gasteiger partial charge in [0.2, 0.25) is 0 Å². The average Bonchev–Trinajstić information content (AvgIpc) is 2.60. The number of unbranched alkanes of at least 4 members (excludes halogenated alkanes) is 14. The lowest BCUT2D eigenvalue weighted by Crippen LogP contribution is -1.88. The molecule has 0 heterocycles. The summed E-state index contributed by atoms with van der Waals surface area (Å²) in [7, 11) is 0. The summed E-state index contributed by atoms with van der Waals surface area (Å²) in [4.78, 5) is 0. The van der Waals surface area contributed by atoms with Gasteiger partial charge in [0.25, 0.3) is 0 Å². The Bertz CT molecular complexity index is 192. The molecule has 0 atom stereocenters. The second-order valence-electron chi connectivity index (χ2n) is 7.93. The fraction of sp³-hybridized carbons (Fsp3) is 1.00. The SMILES string of the molecule is CC(C)CCCCCCCO.CCCCCCCCCCCCCO. The van der Waals surface area contributed by atoms with Crippen molar-refractivity contribution in [1.29, 1.82) is 0 Å². The highest BCUT2D eigenvalue weighted by Crippen LogP contribution is 2.11. The van der Waals surface area contributed by atoms with Crippen LogP contribution in [0.25, 0.3) is 0 Å². The fourth-order valence-corrected chi connectivity index (χ4v) is 2.97. The summed E-state index contributed by atoms with van der Waals surface area (Å²) in [6, 6.07) is 0. The summed E-state index contributed by atoms with van der Waals surface area (Å²) in [5.41, 5.74) is 0. The van der Waals surface area contributed by atoms with Gasteiger partial charge >= 0.3 is 0 Å². The van der Waals surface area contributed by atoms with Crippen molar-refractivity contribution in [3.63, 3.8) is 0 Å². The third-order valence-corrected chi connectivity index (χ3v) is 4.70. The molecule has 25 heavy (non-hydrogen) atoms. The third kappa shape index (κ3) is 32.1. The largest absolute Gasteiger partial charge is 0.396 e. The van der Waals surface area contributed by atoms with Crippen LogP contribution in [0.4, 0.5) is 0 Å². The van der Waals surface area contributed by atoms with Crippen molar-refractivity contribution in [2.24, 2.45) is 5.92 Å². The van der Waals surface area contributed by atoms with Gasteiger partial charge < -0.3 is 10.2 Å². The highest BCUT2D eigenvalue weighted by molar-refractivity contribution is 4.48. The van der Waals surface area contributed by atoms with Gasteiger partial charge in [-0.2, -0.15) is 0 Å². The molecule has 0 radical (unpaired) electrons. The summed E-state index contributed by atoms with van der Waals surface area (Å²) < 4.78 is 0. The van der Waals surface area contributed by atoms with Crippen LogP contribution < -0.4 is 0 Å². The fourth-order valence-electron chi connectivity index (χ4n) is 2.97. The van der Waals surface area contributed by atoms with Crippen LogP contribution in [0.5, 0.6) is 0 Å². The topological polar surface area (TPSA) is 40.5 Å². The molecule has 0 rings (SSSR count). The van der Waals surface area contributed by atoms with Crippen LogP contribution in [0, 0.1) is 5.92 Å². The first-order chi connectivity index (χ1) is 12.2. The molecule has 0 aromatic carbocycles. The van der Waals surface area contributed by atoms with E-state index in [0.717, 1.165) is 18.8 Å². The van der Waals surface area contributed by atoms with Crippen molar-refractivity contribution in [3.8, 4) is 0 Å². The van der Waals surface area contributed by atoms with Crippen molar-refractivity contribution < 1.29 is 10.2 Å². The van der Waals surface area contributed by atoms with Gasteiger partial charge in [-0.3, -0.25) is 0 Å². The maximum Gasteiger partial charge on any atom is 0.0431 e. The maximum absolute atomic E-state index is 8.59. The predicted octanol–water partition coefficient (Wildman–Crippen LogP) is 7.27. The first kappa shape index (κ1) is 27.1. The Balaban J connectivity index is 0. The lowest BCUT2D eigenvalue weighted by atomic mass is 10.0. The van der Waals surface area contributed by atoms with Gasteiger partial charge in [-0.1, -0.05) is 117 Å². The summed E-state index contributed by atoms with van der Waals surface area (Å²) in [5, 5.41) is 17.1. The zero-order valence-electron chi connectivity index (χ0n) is 17.9. The minimum atomic E-state index is 0.365. The lowest BCUT2D eigenvalue weighted by Gasteiger charge is -2.03. The molecule has 0 aliphatic heterocycles. The van der Waals surface area contributed by atoms with E-state index < -0.39 is 0 Å². The van der Waals surface area contributed by atoms with Crippen LogP contribution in [-0.2, 0) is 0 Å². The van der Waals surface area contributed by atoms with Crippen LogP contribution >= 0.6 is 0 Å². The Hall–Kier alpha value is -0.0800. The molecule has 154 valence electrons. The standard InChI is InChI=1S/C13H28O.C10H22O/c1-2-3-4-5-6-7-8-9-10-11-12-13-14;1-10(2)8-6-4-3-5-7-9-11/h14H,2-13H2,1H3;10-11H,3-9H2,1-2H3. The Morgan fingerprint density at radius 3 is 1.12 bits per heavy atom. The van der Waals surface area contributed by atoms with Gasteiger partial charge in [-0.05, 0) is 18.8 Å². The highest BCUT2D eigenvalue weighted by Gasteiger charge is 1.94. The number of aliphatic hydroxyl groups is 2. The Morgan fingerprint density at radius 2 is 0.800 bits per heavy atom. The first-order valence-corrected chi connectivity index (χ1v) is 11.4. The average molecular weight is 359 g/mol. The van der Waals surface area contributed by atoms with E-state index in [-0.39, 0.29) is 0 Å². The Labute approximate surface area is 159 Å². The van der Waals surface area contributed by atoms with Crippen LogP contribution in [0.2, 0.25) is 0 Å². The third-order valence-electron chi connectivity index (χ3n) is 4.70. The minimum absolute atomic E-state index is 0.365. The van der Waals surface area contributed by atoms with Crippen molar-refractivity contribution in [2.75, 3.05) is 13.2 Å². The lowest BCUT2D eigenvalue weighted by molar-refractivity contribution is 0.282. The van der Waals surface area contributed by atoms with Gasteiger partial charge in [-0.25, -0.2) is 0 Å². The molecular formula is C23H50O2. The van der Waals surface area contributed by atoms with Gasteiger partial charge in [0.15, 0.2) is 0 Å². The van der Waals surface area contributed by atoms with E-state index in [1.54, 1.807) is 0 Å². The molecule has 0 fully saturated rings. The van der Waals surface area contributed by atoms with Crippen LogP contribution in [0.3, 0.4) is 0 Å². The molecular weight excluding hydrogens is 308 g/mol. The number of hydrogen-bond acceptors (Lipinski definition) is 2. The second-order valence-corrected chi connectivity index (χ2v) is 7.93. The number of rotatable bonds is 18. The molecule has 0 spiro atoms. The minimum Gasteiger partial charge on any atom is -0.396 e. The highest BCUT2D eigenvalue weighted by atomic mass is 16.3. The molecule has 2 nitrogen and oxygen atoms in total. The summed E-state index contributed by atoms with van der Waals surface area (Å²) in [6.45, 7) is 7.55. The van der Waals surface area contributed by atoms with Gasteiger partial charge in [0, 0.05) is 13.2 Å². The van der Waals surface area contributed by atoms with Crippen molar-refractivity contribution in [2.45, 2.75) is 130 Å². The maximum atomic E-state index is 8.59. The van der Waals surface area contributed by atoms with Gasteiger partial charge in [0.1, 0.15) is 0 Å². The molecule has 0 amide bonds. The summed E-state index contributed by atoms with van der Waals surface area (Å²) >= 11 is 0. The quantitative estimate of drug-likeness (QED) is 0.253. The molecule has 0 unspecified atom stereocenters. The van der Waals surface area contributed by atoms with E-state index in [0.29, 0.717) is 13.2 Å². The molecule has 0 aromatic rings. The van der Waals surface area contributed by atoms with Crippen LogP contribution in [0.1, 0.15) is 130 Å². The summed E-state index contributed by atoms with van der Waals surface area (Å²) in [5.74, 6) is 0.854. The molecule has 0 aliphatic carbocycles. The van der Waals surface area contributed by atoms with E-state index >= 15 is 0 Å². The molecule has 0 bridgehead atoms. The zero-order chi connectivity index (χ0) is 19.0. The van der Waals surface area contributed by atoms with Crippen LogP contribution in [-0.4, -0.2) is 23.4 Å². The van der Waals surface area contributed by atoms with E-state index in [1.807, 2.05) is 0 Å². The van der Waals surface area contributed by atoms with E-state index in [1.165, 1.54) is 96.3 Å². The molecule has 2 N–H and O–H groups in total. The number of aliphatic hydroxyl groups excluding tert-OH is 2. The van der Waals surface area contributed by atoms with Crippen molar-refractivity contribution in [3.05, 3.63) is 0 Å². The van der Waals surface area contributed by atoms with Gasteiger partial charge in [-0.15, -0.1) is 0 Å². The molecule has 0 saturated carbocycles. The molecule has 0 aliphatic rings. The van der Waals surface area contributed by atoms with E-state index in [2.05, 4.69) is 20.8 Å². The smallest absolute Gasteiger partial charge is 0.0431 e. The Morgan fingerprint density at radius 1 is 0.480 bits per heavy atom. The Kier molecular flexibility index (Phi) is 28.4. The molecule has 2 heteroatoms. The number of hydrogen-bond donors (Lipinski definition) is 2. The van der Waals surface area contributed by atoms with Crippen molar-refractivity contribution >= 4 is 0 Å².